The Morgan fingerprint density at radius 3 is 2.43 bits per heavy atom. The average molecular weight is 524 g/mol. The number of halogens is 1. The van der Waals surface area contributed by atoms with Crippen molar-refractivity contribution in [2.24, 2.45) is 11.5 Å². The lowest BCUT2D eigenvalue weighted by Crippen LogP contribution is -2.19. The maximum atomic E-state index is 6.65. The van der Waals surface area contributed by atoms with Gasteiger partial charge in [-0.1, -0.05) is 37.6 Å². The first-order valence-corrected chi connectivity index (χ1v) is 13.3. The van der Waals surface area contributed by atoms with E-state index in [1.165, 1.54) is 35.9 Å². The quantitative estimate of drug-likeness (QED) is 0.414. The van der Waals surface area contributed by atoms with E-state index >= 15 is 0 Å². The summed E-state index contributed by atoms with van der Waals surface area (Å²) in [4.78, 5) is 11.7. The Kier molecular flexibility index (Phi) is 9.37. The highest BCUT2D eigenvalue weighted by Gasteiger charge is 2.41. The van der Waals surface area contributed by atoms with Crippen molar-refractivity contribution >= 4 is 23.1 Å². The Labute approximate surface area is 226 Å². The van der Waals surface area contributed by atoms with Crippen molar-refractivity contribution in [1.82, 2.24) is 19.6 Å². The fraction of sp³-hybridized carbons (Fsp3) is 0.483. The van der Waals surface area contributed by atoms with E-state index in [4.69, 9.17) is 27.4 Å². The van der Waals surface area contributed by atoms with Gasteiger partial charge in [-0.15, -0.1) is 6.58 Å². The van der Waals surface area contributed by atoms with E-state index in [2.05, 4.69) is 48.7 Å². The zero-order valence-electron chi connectivity index (χ0n) is 23.0. The first-order chi connectivity index (χ1) is 17.5. The normalized spacial score (nSPS) is 18.4. The van der Waals surface area contributed by atoms with E-state index in [-0.39, 0.29) is 17.4 Å². The van der Waals surface area contributed by atoms with Crippen LogP contribution >= 0.6 is 11.6 Å². The smallest absolute Gasteiger partial charge is 0.155 e. The van der Waals surface area contributed by atoms with Crippen LogP contribution in [0.1, 0.15) is 81.8 Å². The van der Waals surface area contributed by atoms with Crippen LogP contribution in [0.15, 0.2) is 49.5 Å². The zero-order valence-corrected chi connectivity index (χ0v) is 23.7. The third-order valence-corrected chi connectivity index (χ3v) is 6.96. The second kappa shape index (κ2) is 12.1. The molecule has 4 N–H and O–H groups in total. The molecule has 1 saturated heterocycles. The molecule has 5 rings (SSSR count). The summed E-state index contributed by atoms with van der Waals surface area (Å²) in [5.41, 5.74) is 16.8. The van der Waals surface area contributed by atoms with Crippen LogP contribution in [0.5, 0.6) is 0 Å². The molecule has 2 atom stereocenters. The molecule has 8 heteroatoms. The van der Waals surface area contributed by atoms with E-state index in [1.54, 1.807) is 0 Å². The largest absolute Gasteiger partial charge is 0.405 e. The Morgan fingerprint density at radius 1 is 1.24 bits per heavy atom. The lowest BCUT2D eigenvalue weighted by Gasteiger charge is -2.21. The molecule has 1 aliphatic heterocycles. The van der Waals surface area contributed by atoms with Gasteiger partial charge in [0, 0.05) is 54.5 Å². The monoisotopic (exact) mass is 523 g/mol. The summed E-state index contributed by atoms with van der Waals surface area (Å²) in [7, 11) is 0. The van der Waals surface area contributed by atoms with Crippen molar-refractivity contribution in [3.8, 4) is 0 Å². The number of nitrogens with two attached hydrogens (primary N) is 2. The summed E-state index contributed by atoms with van der Waals surface area (Å²) in [6, 6.07) is 4.42. The van der Waals surface area contributed by atoms with Crippen LogP contribution in [0.2, 0.25) is 5.02 Å². The molecule has 0 spiro atoms. The lowest BCUT2D eigenvalue weighted by molar-refractivity contribution is 0.478. The predicted octanol–water partition coefficient (Wildman–Crippen LogP) is 5.89. The van der Waals surface area contributed by atoms with Crippen molar-refractivity contribution in [1.29, 1.82) is 0 Å². The molecule has 0 radical (unpaired) electrons. The molecule has 0 aromatic carbocycles. The summed E-state index contributed by atoms with van der Waals surface area (Å²) in [6.45, 7) is 19.5. The van der Waals surface area contributed by atoms with E-state index in [1.807, 2.05) is 43.7 Å². The molecule has 3 aromatic rings. The standard InChI is InChI=1S/C21H24ClN5.C6H13N.C2H5N/c1-13-8-18-23-12-16-15(10-21(2,3)19(16)27(18)25-13)14-9-17(22)20(24-11-14)26-6-4-5-7-26;1-5(2)4-6(3)7;1-2-3/h8-9,11-12,15H,4-7,10H2,1-3H3;6H,1,4,7H2,2-3H3;2H,1,3H2. The van der Waals surface area contributed by atoms with Crippen molar-refractivity contribution in [2.45, 2.75) is 77.7 Å². The topological polar surface area (TPSA) is 98.4 Å². The molecular formula is C29H42ClN7. The van der Waals surface area contributed by atoms with E-state index in [0.29, 0.717) is 0 Å². The third kappa shape index (κ3) is 6.70. The van der Waals surface area contributed by atoms with Crippen LogP contribution in [-0.2, 0) is 5.41 Å². The van der Waals surface area contributed by atoms with Gasteiger partial charge >= 0.3 is 0 Å². The molecule has 1 aliphatic carbocycles. The molecule has 200 valence electrons. The molecule has 0 saturated carbocycles. The third-order valence-electron chi connectivity index (χ3n) is 6.69. The van der Waals surface area contributed by atoms with Gasteiger partial charge in [0.2, 0.25) is 0 Å². The molecule has 2 unspecified atom stereocenters. The fourth-order valence-corrected chi connectivity index (χ4v) is 5.65. The number of nitrogens with zero attached hydrogens (tertiary/aromatic N) is 5. The Balaban J connectivity index is 0.000000327. The fourth-order valence-electron chi connectivity index (χ4n) is 5.36. The van der Waals surface area contributed by atoms with Crippen LogP contribution < -0.4 is 16.4 Å². The van der Waals surface area contributed by atoms with Crippen molar-refractivity contribution in [3.05, 3.63) is 77.0 Å². The number of anilines is 1. The molecule has 37 heavy (non-hydrogen) atoms. The number of hydrogen-bond donors (Lipinski definition) is 2. The second-order valence-corrected chi connectivity index (χ2v) is 11.3. The summed E-state index contributed by atoms with van der Waals surface area (Å²) in [5.74, 6) is 1.17. The highest BCUT2D eigenvalue weighted by molar-refractivity contribution is 6.33. The first-order valence-electron chi connectivity index (χ1n) is 13.0. The van der Waals surface area contributed by atoms with Gasteiger partial charge in [0.1, 0.15) is 5.82 Å². The minimum atomic E-state index is 0.0136. The Hall–Kier alpha value is -2.90. The maximum absolute atomic E-state index is 6.65. The molecular weight excluding hydrogens is 482 g/mol. The van der Waals surface area contributed by atoms with Crippen LogP contribution in [-0.4, -0.2) is 38.7 Å². The van der Waals surface area contributed by atoms with Gasteiger partial charge in [0.05, 0.1) is 16.4 Å². The van der Waals surface area contributed by atoms with Gasteiger partial charge in [-0.05, 0) is 64.3 Å². The first kappa shape index (κ1) is 28.7. The Morgan fingerprint density at radius 2 is 1.89 bits per heavy atom. The average Bonchev–Trinajstić information content (AvgIpc) is 3.51. The number of pyridine rings is 1. The summed E-state index contributed by atoms with van der Waals surface area (Å²) < 4.78 is 2.03. The highest BCUT2D eigenvalue weighted by atomic mass is 35.5. The minimum Gasteiger partial charge on any atom is -0.405 e. The minimum absolute atomic E-state index is 0.0136. The second-order valence-electron chi connectivity index (χ2n) is 10.9. The molecule has 0 amide bonds. The number of aryl methyl sites for hydroxylation is 1. The van der Waals surface area contributed by atoms with Crippen molar-refractivity contribution < 1.29 is 0 Å². The summed E-state index contributed by atoms with van der Waals surface area (Å²) >= 11 is 6.65. The lowest BCUT2D eigenvalue weighted by atomic mass is 9.87. The van der Waals surface area contributed by atoms with Gasteiger partial charge < -0.3 is 16.4 Å². The molecule has 7 nitrogen and oxygen atoms in total. The number of aromatic nitrogens is 4. The van der Waals surface area contributed by atoms with Gasteiger partial charge in [-0.3, -0.25) is 0 Å². The SMILES string of the molecule is C=C(C)CC(C)N.C=CN.Cc1cc2ncc3c(n2n1)C(C)(C)CC3c1cnc(N2CCCC2)c(Cl)c1. The van der Waals surface area contributed by atoms with Crippen molar-refractivity contribution in [3.63, 3.8) is 0 Å². The number of rotatable bonds is 4. The zero-order chi connectivity index (χ0) is 27.3. The summed E-state index contributed by atoms with van der Waals surface area (Å²) in [5, 5.41) is 5.45. The molecule has 3 aromatic heterocycles. The van der Waals surface area contributed by atoms with Gasteiger partial charge in [0.25, 0.3) is 0 Å². The highest BCUT2D eigenvalue weighted by Crippen LogP contribution is 2.48. The molecule has 1 fully saturated rings. The predicted molar refractivity (Wildman–Crippen MR) is 155 cm³/mol. The Bertz CT molecular complexity index is 1240. The van der Waals surface area contributed by atoms with E-state index in [0.717, 1.165) is 53.7 Å². The molecule has 2 aliphatic rings. The molecule has 0 bridgehead atoms. The number of fused-ring (bicyclic) bond motifs is 3. The van der Waals surface area contributed by atoms with E-state index < -0.39 is 0 Å². The van der Waals surface area contributed by atoms with Crippen LogP contribution in [0.3, 0.4) is 0 Å². The van der Waals surface area contributed by atoms with Crippen LogP contribution in [0.25, 0.3) is 5.65 Å². The van der Waals surface area contributed by atoms with Crippen LogP contribution in [0.4, 0.5) is 5.82 Å². The van der Waals surface area contributed by atoms with Crippen molar-refractivity contribution in [2.75, 3.05) is 18.0 Å². The molecule has 4 heterocycles. The van der Waals surface area contributed by atoms with Gasteiger partial charge in [-0.25, -0.2) is 14.5 Å². The van der Waals surface area contributed by atoms with Gasteiger partial charge in [0.15, 0.2) is 5.65 Å². The van der Waals surface area contributed by atoms with Crippen LogP contribution in [0, 0.1) is 6.92 Å². The maximum Gasteiger partial charge on any atom is 0.155 e. The van der Waals surface area contributed by atoms with E-state index in [9.17, 15) is 0 Å². The summed E-state index contributed by atoms with van der Waals surface area (Å²) in [6.07, 6.45) is 9.66. The number of hydrogen-bond acceptors (Lipinski definition) is 6. The van der Waals surface area contributed by atoms with Gasteiger partial charge in [-0.2, -0.15) is 5.10 Å².